The number of carbonyl (C=O) groups is 4. The number of thiophene rings is 1. The van der Waals surface area contributed by atoms with Gasteiger partial charge in [0.15, 0.2) is 0 Å². The van der Waals surface area contributed by atoms with E-state index in [1.54, 1.807) is 13.0 Å². The Labute approximate surface area is 155 Å². The molecule has 0 bridgehead atoms. The van der Waals surface area contributed by atoms with E-state index < -0.39 is 36.4 Å². The zero-order chi connectivity index (χ0) is 19.4. The van der Waals surface area contributed by atoms with Gasteiger partial charge in [0.05, 0.1) is 12.2 Å². The van der Waals surface area contributed by atoms with Crippen LogP contribution in [0.4, 0.5) is 9.80 Å². The predicted octanol–water partition coefficient (Wildman–Crippen LogP) is 2.00. The summed E-state index contributed by atoms with van der Waals surface area (Å²) >= 11 is 1.27. The van der Waals surface area contributed by atoms with Crippen LogP contribution in [0.3, 0.4) is 0 Å². The molecule has 0 saturated carbocycles. The minimum atomic E-state index is -0.626. The largest absolute Gasteiger partial charge is 0.462 e. The van der Waals surface area contributed by atoms with Crippen LogP contribution in [-0.2, 0) is 20.7 Å². The molecule has 2 N–H and O–H groups in total. The number of urea groups is 1. The summed E-state index contributed by atoms with van der Waals surface area (Å²) < 4.78 is 5.00. The first-order valence-electron chi connectivity index (χ1n) is 8.50. The quantitative estimate of drug-likeness (QED) is 0.555. The molecule has 1 saturated heterocycles. The summed E-state index contributed by atoms with van der Waals surface area (Å²) in [5, 5.41) is 5.55. The summed E-state index contributed by atoms with van der Waals surface area (Å²) in [6.45, 7) is 7.08. The molecule has 9 heteroatoms. The summed E-state index contributed by atoms with van der Waals surface area (Å²) in [4.78, 5) is 50.4. The van der Waals surface area contributed by atoms with E-state index in [1.807, 2.05) is 20.8 Å². The molecule has 1 fully saturated rings. The standard InChI is InChI=1S/C17H23N3O5S/c1-5-10-7-11(16(23)25-6-2)14(26-10)18-12(21)8-20-15(22)13(9(3)4)19-17(20)24/h7,9,13H,5-6,8H2,1-4H3,(H,18,21)(H,19,24). The van der Waals surface area contributed by atoms with Gasteiger partial charge in [0.25, 0.3) is 5.91 Å². The first-order chi connectivity index (χ1) is 12.3. The number of imide groups is 1. The molecule has 1 aromatic heterocycles. The van der Waals surface area contributed by atoms with Crippen molar-refractivity contribution in [3.63, 3.8) is 0 Å². The van der Waals surface area contributed by atoms with Crippen LogP contribution in [0, 0.1) is 5.92 Å². The lowest BCUT2D eigenvalue weighted by molar-refractivity contribution is -0.131. The van der Waals surface area contributed by atoms with E-state index in [9.17, 15) is 19.2 Å². The van der Waals surface area contributed by atoms with Crippen molar-refractivity contribution in [3.8, 4) is 0 Å². The molecule has 142 valence electrons. The minimum absolute atomic E-state index is 0.0701. The van der Waals surface area contributed by atoms with Gasteiger partial charge in [-0.1, -0.05) is 20.8 Å². The topological polar surface area (TPSA) is 105 Å². The van der Waals surface area contributed by atoms with Gasteiger partial charge in [-0.25, -0.2) is 9.59 Å². The van der Waals surface area contributed by atoms with E-state index in [-0.39, 0.29) is 18.1 Å². The third kappa shape index (κ3) is 4.21. The van der Waals surface area contributed by atoms with Crippen LogP contribution in [0.5, 0.6) is 0 Å². The van der Waals surface area contributed by atoms with E-state index in [2.05, 4.69) is 10.6 Å². The number of carbonyl (C=O) groups excluding carboxylic acids is 4. The Kier molecular flexibility index (Phi) is 6.36. The van der Waals surface area contributed by atoms with Crippen molar-refractivity contribution in [2.24, 2.45) is 5.92 Å². The zero-order valence-corrected chi connectivity index (χ0v) is 16.1. The van der Waals surface area contributed by atoms with Gasteiger partial charge >= 0.3 is 12.0 Å². The molecule has 1 aromatic rings. The molecule has 0 radical (unpaired) electrons. The van der Waals surface area contributed by atoms with Crippen molar-refractivity contribution >= 4 is 40.2 Å². The Morgan fingerprint density at radius 1 is 1.35 bits per heavy atom. The fourth-order valence-corrected chi connectivity index (χ4v) is 3.52. The smallest absolute Gasteiger partial charge is 0.341 e. The highest BCUT2D eigenvalue weighted by molar-refractivity contribution is 7.16. The average molecular weight is 381 g/mol. The summed E-state index contributed by atoms with van der Waals surface area (Å²) in [6, 6.07) is 0.467. The van der Waals surface area contributed by atoms with Crippen LogP contribution in [0.1, 0.15) is 42.9 Å². The summed E-state index contributed by atoms with van der Waals surface area (Å²) in [5.41, 5.74) is 0.277. The van der Waals surface area contributed by atoms with E-state index in [0.29, 0.717) is 11.4 Å². The third-order valence-corrected chi connectivity index (χ3v) is 5.10. The second-order valence-corrected chi connectivity index (χ2v) is 7.31. The van der Waals surface area contributed by atoms with Gasteiger partial charge in [-0.3, -0.25) is 14.5 Å². The normalized spacial score (nSPS) is 16.8. The highest BCUT2D eigenvalue weighted by Gasteiger charge is 2.40. The number of nitrogens with zero attached hydrogens (tertiary/aromatic N) is 1. The molecule has 2 heterocycles. The molecule has 4 amide bonds. The van der Waals surface area contributed by atoms with Crippen LogP contribution in [0.25, 0.3) is 0 Å². The monoisotopic (exact) mass is 381 g/mol. The lowest BCUT2D eigenvalue weighted by Gasteiger charge is -2.14. The van der Waals surface area contributed by atoms with Crippen LogP contribution in [-0.4, -0.2) is 47.9 Å². The Bertz CT molecular complexity index is 728. The first-order valence-corrected chi connectivity index (χ1v) is 9.31. The second-order valence-electron chi connectivity index (χ2n) is 6.17. The number of hydrogen-bond acceptors (Lipinski definition) is 6. The number of aryl methyl sites for hydroxylation is 1. The molecule has 26 heavy (non-hydrogen) atoms. The van der Waals surface area contributed by atoms with E-state index in [1.165, 1.54) is 11.3 Å². The maximum absolute atomic E-state index is 12.3. The van der Waals surface area contributed by atoms with Crippen LogP contribution in [0.2, 0.25) is 0 Å². The summed E-state index contributed by atoms with van der Waals surface area (Å²) in [5.74, 6) is -1.56. The maximum atomic E-state index is 12.3. The van der Waals surface area contributed by atoms with Gasteiger partial charge in [0.2, 0.25) is 5.91 Å². The lowest BCUT2D eigenvalue weighted by atomic mass is 10.1. The molecular weight excluding hydrogens is 358 g/mol. The number of amides is 4. The predicted molar refractivity (Wildman–Crippen MR) is 97.2 cm³/mol. The van der Waals surface area contributed by atoms with Gasteiger partial charge in [-0.2, -0.15) is 0 Å². The van der Waals surface area contributed by atoms with Crippen LogP contribution in [0.15, 0.2) is 6.07 Å². The zero-order valence-electron chi connectivity index (χ0n) is 15.3. The molecule has 1 atom stereocenters. The van der Waals surface area contributed by atoms with Crippen LogP contribution >= 0.6 is 11.3 Å². The molecule has 2 rings (SSSR count). The number of anilines is 1. The Morgan fingerprint density at radius 2 is 2.04 bits per heavy atom. The van der Waals surface area contributed by atoms with Gasteiger partial charge in [0, 0.05) is 4.88 Å². The first kappa shape index (κ1) is 19.9. The Morgan fingerprint density at radius 3 is 2.58 bits per heavy atom. The maximum Gasteiger partial charge on any atom is 0.341 e. The van der Waals surface area contributed by atoms with Crippen molar-refractivity contribution in [2.45, 2.75) is 40.2 Å². The SMILES string of the molecule is CCOC(=O)c1cc(CC)sc1NC(=O)CN1C(=O)NC(C(C)C)C1=O. The van der Waals surface area contributed by atoms with Crippen molar-refractivity contribution in [1.82, 2.24) is 10.2 Å². The number of ether oxygens (including phenoxy) is 1. The fourth-order valence-electron chi connectivity index (χ4n) is 2.52. The van der Waals surface area contributed by atoms with E-state index in [0.717, 1.165) is 9.78 Å². The number of rotatable bonds is 7. The molecule has 1 aliphatic rings. The Hall–Kier alpha value is -2.42. The van der Waals surface area contributed by atoms with E-state index >= 15 is 0 Å². The number of esters is 1. The number of nitrogens with one attached hydrogen (secondary N) is 2. The van der Waals surface area contributed by atoms with Crippen LogP contribution < -0.4 is 10.6 Å². The average Bonchev–Trinajstić information content (AvgIpc) is 3.11. The molecule has 1 unspecified atom stereocenters. The van der Waals surface area contributed by atoms with Gasteiger partial charge < -0.3 is 15.4 Å². The lowest BCUT2D eigenvalue weighted by Crippen LogP contribution is -2.39. The highest BCUT2D eigenvalue weighted by Crippen LogP contribution is 2.29. The van der Waals surface area contributed by atoms with Gasteiger partial charge in [-0.15, -0.1) is 11.3 Å². The molecule has 0 aromatic carbocycles. The number of hydrogen-bond donors (Lipinski definition) is 2. The van der Waals surface area contributed by atoms with Crippen molar-refractivity contribution in [2.75, 3.05) is 18.5 Å². The second kappa shape index (κ2) is 8.31. The highest BCUT2D eigenvalue weighted by atomic mass is 32.1. The Balaban J connectivity index is 2.10. The molecular formula is C17H23N3O5S. The molecule has 1 aliphatic heterocycles. The molecule has 0 aliphatic carbocycles. The summed E-state index contributed by atoms with van der Waals surface area (Å²) in [6.07, 6.45) is 0.704. The van der Waals surface area contributed by atoms with Crippen molar-refractivity contribution in [3.05, 3.63) is 16.5 Å². The van der Waals surface area contributed by atoms with Gasteiger partial charge in [-0.05, 0) is 25.3 Å². The van der Waals surface area contributed by atoms with Crippen molar-refractivity contribution < 1.29 is 23.9 Å². The van der Waals surface area contributed by atoms with E-state index in [4.69, 9.17) is 4.74 Å². The van der Waals surface area contributed by atoms with Gasteiger partial charge in [0.1, 0.15) is 17.6 Å². The minimum Gasteiger partial charge on any atom is -0.462 e. The third-order valence-electron chi connectivity index (χ3n) is 3.90. The summed E-state index contributed by atoms with van der Waals surface area (Å²) in [7, 11) is 0. The van der Waals surface area contributed by atoms with Crippen molar-refractivity contribution in [1.29, 1.82) is 0 Å². The molecule has 0 spiro atoms. The molecule has 8 nitrogen and oxygen atoms in total. The fraction of sp³-hybridized carbons (Fsp3) is 0.529.